The van der Waals surface area contributed by atoms with Crippen LogP contribution >= 0.6 is 0 Å². The lowest BCUT2D eigenvalue weighted by molar-refractivity contribution is -0.118. The van der Waals surface area contributed by atoms with Crippen LogP contribution in [0.5, 0.6) is 11.5 Å². The lowest BCUT2D eigenvalue weighted by Gasteiger charge is -2.16. The van der Waals surface area contributed by atoms with Gasteiger partial charge in [-0.3, -0.25) is 4.79 Å². The van der Waals surface area contributed by atoms with Gasteiger partial charge in [-0.1, -0.05) is 0 Å². The third kappa shape index (κ3) is 1.32. The summed E-state index contributed by atoms with van der Waals surface area (Å²) in [5.41, 5.74) is 6.49. The van der Waals surface area contributed by atoms with E-state index < -0.39 is 0 Å². The first-order valence-corrected chi connectivity index (χ1v) is 5.22. The molecule has 1 saturated heterocycles. The Balaban J connectivity index is 1.93. The second-order valence-corrected chi connectivity index (χ2v) is 3.92. The summed E-state index contributed by atoms with van der Waals surface area (Å²) in [5.74, 6) is 1.38. The first kappa shape index (κ1) is 9.47. The highest BCUT2D eigenvalue weighted by molar-refractivity contribution is 5.99. The molecule has 2 aliphatic rings. The van der Waals surface area contributed by atoms with Gasteiger partial charge in [-0.2, -0.15) is 0 Å². The molecule has 1 amide bonds. The molecule has 0 saturated carbocycles. The average Bonchev–Trinajstić information content (AvgIpc) is 2.86. The van der Waals surface area contributed by atoms with E-state index in [1.54, 1.807) is 4.90 Å². The maximum atomic E-state index is 11.7. The molecule has 2 aliphatic heterocycles. The molecule has 84 valence electrons. The minimum Gasteiger partial charge on any atom is -0.454 e. The molecule has 0 bridgehead atoms. The molecular formula is C11H12N2O3. The number of ether oxygens (including phenoxy) is 2. The maximum Gasteiger partial charge on any atom is 0.243 e. The Bertz CT molecular complexity index is 447. The van der Waals surface area contributed by atoms with Gasteiger partial charge in [0.15, 0.2) is 11.5 Å². The standard InChI is InChI=1S/C11H12N2O3/c12-8-3-4-13(11(8)14)7-1-2-9-10(5-7)16-6-15-9/h1-2,5,8H,3-4,6,12H2. The molecule has 0 aromatic heterocycles. The second kappa shape index (κ2) is 3.38. The van der Waals surface area contributed by atoms with Crippen molar-refractivity contribution in [2.45, 2.75) is 12.5 Å². The van der Waals surface area contributed by atoms with Crippen LogP contribution in [0.25, 0.3) is 0 Å². The monoisotopic (exact) mass is 220 g/mol. The number of carbonyl (C=O) groups excluding carboxylic acids is 1. The van der Waals surface area contributed by atoms with E-state index in [9.17, 15) is 4.79 Å². The third-order valence-electron chi connectivity index (χ3n) is 2.91. The summed E-state index contributed by atoms with van der Waals surface area (Å²) in [4.78, 5) is 13.4. The van der Waals surface area contributed by atoms with Gasteiger partial charge in [-0.25, -0.2) is 0 Å². The van der Waals surface area contributed by atoms with Gasteiger partial charge in [0.05, 0.1) is 6.04 Å². The Labute approximate surface area is 92.7 Å². The zero-order valence-corrected chi connectivity index (χ0v) is 8.68. The van der Waals surface area contributed by atoms with Crippen molar-refractivity contribution < 1.29 is 14.3 Å². The van der Waals surface area contributed by atoms with Crippen molar-refractivity contribution in [3.8, 4) is 11.5 Å². The van der Waals surface area contributed by atoms with E-state index in [0.29, 0.717) is 18.7 Å². The van der Waals surface area contributed by atoms with Crippen LogP contribution < -0.4 is 20.1 Å². The van der Waals surface area contributed by atoms with Gasteiger partial charge in [0.2, 0.25) is 12.7 Å². The zero-order chi connectivity index (χ0) is 11.1. The number of benzene rings is 1. The van der Waals surface area contributed by atoms with Gasteiger partial charge >= 0.3 is 0 Å². The van der Waals surface area contributed by atoms with E-state index in [4.69, 9.17) is 15.2 Å². The average molecular weight is 220 g/mol. The summed E-state index contributed by atoms with van der Waals surface area (Å²) in [7, 11) is 0. The highest BCUT2D eigenvalue weighted by Crippen LogP contribution is 2.36. The number of fused-ring (bicyclic) bond motifs is 1. The largest absolute Gasteiger partial charge is 0.454 e. The second-order valence-electron chi connectivity index (χ2n) is 3.92. The molecule has 1 aromatic rings. The number of hydrogen-bond acceptors (Lipinski definition) is 4. The van der Waals surface area contributed by atoms with Crippen LogP contribution in [0.15, 0.2) is 18.2 Å². The van der Waals surface area contributed by atoms with Crippen molar-refractivity contribution in [3.63, 3.8) is 0 Å². The van der Waals surface area contributed by atoms with E-state index in [1.807, 2.05) is 18.2 Å². The molecule has 1 fully saturated rings. The summed E-state index contributed by atoms with van der Waals surface area (Å²) in [6, 6.07) is 5.11. The van der Waals surface area contributed by atoms with E-state index >= 15 is 0 Å². The number of anilines is 1. The lowest BCUT2D eigenvalue weighted by atomic mass is 10.2. The van der Waals surface area contributed by atoms with Crippen LogP contribution in [0.4, 0.5) is 5.69 Å². The minimum atomic E-state index is -0.370. The molecule has 5 heteroatoms. The minimum absolute atomic E-state index is 0.0288. The molecule has 2 N–H and O–H groups in total. The maximum absolute atomic E-state index is 11.7. The molecule has 5 nitrogen and oxygen atoms in total. The molecule has 2 heterocycles. The summed E-state index contributed by atoms with van der Waals surface area (Å²) >= 11 is 0. The van der Waals surface area contributed by atoms with Crippen LogP contribution in [0.3, 0.4) is 0 Å². The van der Waals surface area contributed by atoms with E-state index in [-0.39, 0.29) is 18.7 Å². The first-order valence-electron chi connectivity index (χ1n) is 5.22. The molecule has 0 radical (unpaired) electrons. The van der Waals surface area contributed by atoms with Gasteiger partial charge in [-0.05, 0) is 18.6 Å². The van der Waals surface area contributed by atoms with Gasteiger partial charge < -0.3 is 20.1 Å². The molecule has 0 aliphatic carbocycles. The molecule has 1 unspecified atom stereocenters. The van der Waals surface area contributed by atoms with E-state index in [1.165, 1.54) is 0 Å². The van der Waals surface area contributed by atoms with E-state index in [0.717, 1.165) is 11.4 Å². The highest BCUT2D eigenvalue weighted by Gasteiger charge is 2.30. The number of hydrogen-bond donors (Lipinski definition) is 1. The summed E-state index contributed by atoms with van der Waals surface area (Å²) in [6.45, 7) is 0.909. The predicted molar refractivity (Wildman–Crippen MR) is 57.5 cm³/mol. The first-order chi connectivity index (χ1) is 7.75. The molecule has 1 atom stereocenters. The van der Waals surface area contributed by atoms with Gasteiger partial charge in [0, 0.05) is 18.3 Å². The SMILES string of the molecule is NC1CCN(c2ccc3c(c2)OCO3)C1=O. The predicted octanol–water partition coefficient (Wildman–Crippen LogP) is 0.479. The fourth-order valence-electron chi connectivity index (χ4n) is 2.01. The fourth-order valence-corrected chi connectivity index (χ4v) is 2.01. The Morgan fingerprint density at radius 2 is 2.12 bits per heavy atom. The Morgan fingerprint density at radius 3 is 2.88 bits per heavy atom. The third-order valence-corrected chi connectivity index (χ3v) is 2.91. The van der Waals surface area contributed by atoms with Crippen LogP contribution in [0.2, 0.25) is 0 Å². The van der Waals surface area contributed by atoms with Crippen LogP contribution in [-0.2, 0) is 4.79 Å². The van der Waals surface area contributed by atoms with Gasteiger partial charge in [0.1, 0.15) is 0 Å². The quantitative estimate of drug-likeness (QED) is 0.747. The van der Waals surface area contributed by atoms with Crippen LogP contribution in [0.1, 0.15) is 6.42 Å². The van der Waals surface area contributed by atoms with Crippen molar-refractivity contribution in [1.82, 2.24) is 0 Å². The van der Waals surface area contributed by atoms with Crippen LogP contribution in [0, 0.1) is 0 Å². The summed E-state index contributed by atoms with van der Waals surface area (Å²) < 4.78 is 10.5. The van der Waals surface area contributed by atoms with Crippen molar-refractivity contribution >= 4 is 11.6 Å². The number of nitrogens with two attached hydrogens (primary N) is 1. The Kier molecular flexibility index (Phi) is 2.00. The van der Waals surface area contributed by atoms with Crippen LogP contribution in [-0.4, -0.2) is 25.3 Å². The normalized spacial score (nSPS) is 22.9. The smallest absolute Gasteiger partial charge is 0.243 e. The molecule has 0 spiro atoms. The van der Waals surface area contributed by atoms with Crippen molar-refractivity contribution in [2.75, 3.05) is 18.2 Å². The number of nitrogens with zero attached hydrogens (tertiary/aromatic N) is 1. The zero-order valence-electron chi connectivity index (χ0n) is 8.68. The molecular weight excluding hydrogens is 208 g/mol. The summed E-state index contributed by atoms with van der Waals surface area (Å²) in [6.07, 6.45) is 0.702. The molecule has 3 rings (SSSR count). The van der Waals surface area contributed by atoms with Crippen molar-refractivity contribution in [1.29, 1.82) is 0 Å². The number of amides is 1. The number of carbonyl (C=O) groups is 1. The Hall–Kier alpha value is -1.75. The molecule has 16 heavy (non-hydrogen) atoms. The van der Waals surface area contributed by atoms with Gasteiger partial charge in [0.25, 0.3) is 0 Å². The fraction of sp³-hybridized carbons (Fsp3) is 0.364. The van der Waals surface area contributed by atoms with Gasteiger partial charge in [-0.15, -0.1) is 0 Å². The Morgan fingerprint density at radius 1 is 1.31 bits per heavy atom. The van der Waals surface area contributed by atoms with Crippen molar-refractivity contribution in [3.05, 3.63) is 18.2 Å². The summed E-state index contributed by atoms with van der Waals surface area (Å²) in [5, 5.41) is 0. The lowest BCUT2D eigenvalue weighted by Crippen LogP contribution is -2.33. The van der Waals surface area contributed by atoms with Crippen molar-refractivity contribution in [2.24, 2.45) is 5.73 Å². The van der Waals surface area contributed by atoms with E-state index in [2.05, 4.69) is 0 Å². The number of rotatable bonds is 1. The molecule has 1 aromatic carbocycles. The highest BCUT2D eigenvalue weighted by atomic mass is 16.7. The topological polar surface area (TPSA) is 64.8 Å².